The van der Waals surface area contributed by atoms with Crippen molar-refractivity contribution in [1.29, 1.82) is 0 Å². The van der Waals surface area contributed by atoms with Gasteiger partial charge in [-0.15, -0.1) is 0 Å². The van der Waals surface area contributed by atoms with E-state index in [1.54, 1.807) is 18.2 Å². The molecule has 0 bridgehead atoms. The number of hydrogen-bond acceptors (Lipinski definition) is 4. The minimum atomic E-state index is -0.335. The summed E-state index contributed by atoms with van der Waals surface area (Å²) < 4.78 is 2.83. The van der Waals surface area contributed by atoms with Gasteiger partial charge in [0.2, 0.25) is 5.91 Å². The molecule has 0 unspecified atom stereocenters. The van der Waals surface area contributed by atoms with Crippen molar-refractivity contribution >= 4 is 67.4 Å². The monoisotopic (exact) mass is 523 g/mol. The Morgan fingerprint density at radius 3 is 2.55 bits per heavy atom. The molecule has 0 atom stereocenters. The number of amides is 3. The van der Waals surface area contributed by atoms with Crippen LogP contribution in [-0.4, -0.2) is 39.6 Å². The Morgan fingerprint density at radius 2 is 1.82 bits per heavy atom. The molecule has 6 nitrogen and oxygen atoms in total. The molecule has 5 rings (SSSR count). The Bertz CT molecular complexity index is 1310. The van der Waals surface area contributed by atoms with E-state index in [1.165, 1.54) is 4.90 Å². The molecule has 0 saturated carbocycles. The number of anilines is 1. The number of nitrogens with zero attached hydrogens (tertiary/aromatic N) is 3. The number of rotatable bonds is 4. The summed E-state index contributed by atoms with van der Waals surface area (Å²) in [6.07, 6.45) is 5.75. The quantitative estimate of drug-likeness (QED) is 0.419. The first-order chi connectivity index (χ1) is 15.9. The Labute approximate surface area is 204 Å². The third-order valence-electron chi connectivity index (χ3n) is 6.01. The zero-order valence-corrected chi connectivity index (χ0v) is 20.5. The fraction of sp³-hybridized carbons (Fsp3) is 0.240. The second kappa shape index (κ2) is 8.83. The lowest BCUT2D eigenvalue weighted by atomic mass is 10.1. The number of aryl methyl sites for hydroxylation is 1. The molecule has 2 fully saturated rings. The average molecular weight is 524 g/mol. The first-order valence-electron chi connectivity index (χ1n) is 10.8. The van der Waals surface area contributed by atoms with Crippen LogP contribution in [0.5, 0.6) is 0 Å². The van der Waals surface area contributed by atoms with Crippen LogP contribution in [0.2, 0.25) is 0 Å². The zero-order valence-electron chi connectivity index (χ0n) is 18.1. The summed E-state index contributed by atoms with van der Waals surface area (Å²) in [6.45, 7) is 3.82. The van der Waals surface area contributed by atoms with Gasteiger partial charge in [0.15, 0.2) is 0 Å². The number of aromatic nitrogens is 1. The van der Waals surface area contributed by atoms with Gasteiger partial charge in [-0.25, -0.2) is 4.90 Å². The van der Waals surface area contributed by atoms with Crippen molar-refractivity contribution in [2.24, 2.45) is 0 Å². The molecule has 1 aromatic heterocycles. The molecule has 3 aromatic rings. The maximum atomic E-state index is 13.1. The van der Waals surface area contributed by atoms with E-state index < -0.39 is 0 Å². The van der Waals surface area contributed by atoms with Gasteiger partial charge in [-0.2, -0.15) is 0 Å². The van der Waals surface area contributed by atoms with Crippen LogP contribution in [0.1, 0.15) is 24.0 Å². The van der Waals surface area contributed by atoms with E-state index in [2.05, 4.69) is 15.9 Å². The van der Waals surface area contributed by atoms with Gasteiger partial charge < -0.3 is 9.47 Å². The predicted octanol–water partition coefficient (Wildman–Crippen LogP) is 5.58. The fourth-order valence-electron chi connectivity index (χ4n) is 4.28. The van der Waals surface area contributed by atoms with Crippen molar-refractivity contribution in [2.45, 2.75) is 26.3 Å². The SMILES string of the molecule is Cc1ccc(N2C(=O)S/C(=C\c3cn(CC(=O)N4CCCC4)c4ccc(Br)cc34)C2=O)cc1. The number of carbonyl (C=O) groups excluding carboxylic acids is 3. The van der Waals surface area contributed by atoms with Crippen LogP contribution >= 0.6 is 27.7 Å². The van der Waals surface area contributed by atoms with Crippen molar-refractivity contribution < 1.29 is 14.4 Å². The Hall–Kier alpha value is -2.84. The van der Waals surface area contributed by atoms with Gasteiger partial charge >= 0.3 is 0 Å². The maximum absolute atomic E-state index is 13.1. The van der Waals surface area contributed by atoms with Crippen molar-refractivity contribution in [3.05, 3.63) is 69.2 Å². The highest BCUT2D eigenvalue weighted by Gasteiger charge is 2.36. The fourth-order valence-corrected chi connectivity index (χ4v) is 5.47. The molecular weight excluding hydrogens is 502 g/mol. The summed E-state index contributed by atoms with van der Waals surface area (Å²) >= 11 is 4.46. The Balaban J connectivity index is 1.50. The summed E-state index contributed by atoms with van der Waals surface area (Å²) in [5.74, 6) is -0.239. The molecule has 3 amide bonds. The third kappa shape index (κ3) is 4.25. The van der Waals surface area contributed by atoms with Crippen molar-refractivity contribution in [3.63, 3.8) is 0 Å². The third-order valence-corrected chi connectivity index (χ3v) is 7.37. The number of carbonyl (C=O) groups is 3. The number of benzene rings is 2. The molecule has 33 heavy (non-hydrogen) atoms. The summed E-state index contributed by atoms with van der Waals surface area (Å²) in [6, 6.07) is 13.2. The van der Waals surface area contributed by atoms with Crippen LogP contribution in [0.3, 0.4) is 0 Å². The summed E-state index contributed by atoms with van der Waals surface area (Å²) in [7, 11) is 0. The number of imide groups is 1. The Kier molecular flexibility index (Phi) is 5.88. The van der Waals surface area contributed by atoms with Gasteiger partial charge in [0.25, 0.3) is 11.1 Å². The molecule has 2 aromatic carbocycles. The standard InChI is InChI=1S/C25H22BrN3O3S/c1-16-4-7-19(8-5-16)29-24(31)22(33-25(29)32)12-17-14-28(15-23(30)27-10-2-3-11-27)21-9-6-18(26)13-20(17)21/h4-9,12-14H,2-3,10-11,15H2,1H3/b22-12-. The summed E-state index contributed by atoms with van der Waals surface area (Å²) in [4.78, 5) is 42.0. The smallest absolute Gasteiger partial charge is 0.298 e. The second-order valence-electron chi connectivity index (χ2n) is 8.31. The normalized spacial score (nSPS) is 17.7. The van der Waals surface area contributed by atoms with E-state index in [9.17, 15) is 14.4 Å². The zero-order chi connectivity index (χ0) is 23.1. The molecule has 2 aliphatic rings. The van der Waals surface area contributed by atoms with Crippen LogP contribution in [0.25, 0.3) is 17.0 Å². The van der Waals surface area contributed by atoms with E-state index in [1.807, 2.05) is 52.9 Å². The number of hydrogen-bond donors (Lipinski definition) is 0. The molecular formula is C25H22BrN3O3S. The van der Waals surface area contributed by atoms with Crippen LogP contribution in [0.15, 0.2) is 58.0 Å². The van der Waals surface area contributed by atoms with Gasteiger partial charge in [-0.3, -0.25) is 14.4 Å². The first kappa shape index (κ1) is 22.0. The minimum Gasteiger partial charge on any atom is -0.341 e. The molecule has 0 N–H and O–H groups in total. The van der Waals surface area contributed by atoms with Crippen LogP contribution in [-0.2, 0) is 16.1 Å². The lowest BCUT2D eigenvalue weighted by Crippen LogP contribution is -2.30. The van der Waals surface area contributed by atoms with E-state index >= 15 is 0 Å². The number of likely N-dealkylation sites (tertiary alicyclic amines) is 1. The van der Waals surface area contributed by atoms with Crippen LogP contribution < -0.4 is 4.90 Å². The van der Waals surface area contributed by atoms with Gasteiger partial charge in [0.05, 0.1) is 10.6 Å². The number of thioether (sulfide) groups is 1. The lowest BCUT2D eigenvalue weighted by Gasteiger charge is -2.16. The van der Waals surface area contributed by atoms with E-state index in [-0.39, 0.29) is 23.6 Å². The largest absolute Gasteiger partial charge is 0.341 e. The average Bonchev–Trinajstić information content (AvgIpc) is 3.49. The number of fused-ring (bicyclic) bond motifs is 1. The topological polar surface area (TPSA) is 62.6 Å². The summed E-state index contributed by atoms with van der Waals surface area (Å²) in [5.41, 5.74) is 3.33. The molecule has 0 radical (unpaired) electrons. The summed E-state index contributed by atoms with van der Waals surface area (Å²) in [5, 5.41) is 0.602. The molecule has 0 spiro atoms. The van der Waals surface area contributed by atoms with E-state index in [4.69, 9.17) is 0 Å². The van der Waals surface area contributed by atoms with Gasteiger partial charge in [0.1, 0.15) is 6.54 Å². The van der Waals surface area contributed by atoms with Crippen molar-refractivity contribution in [1.82, 2.24) is 9.47 Å². The van der Waals surface area contributed by atoms with Gasteiger partial charge in [-0.1, -0.05) is 33.6 Å². The van der Waals surface area contributed by atoms with Gasteiger partial charge in [-0.05, 0) is 67.9 Å². The predicted molar refractivity (Wildman–Crippen MR) is 135 cm³/mol. The van der Waals surface area contributed by atoms with Gasteiger partial charge in [0, 0.05) is 40.2 Å². The van der Waals surface area contributed by atoms with Crippen molar-refractivity contribution in [3.8, 4) is 0 Å². The second-order valence-corrected chi connectivity index (χ2v) is 10.2. The van der Waals surface area contributed by atoms with Crippen LogP contribution in [0, 0.1) is 6.92 Å². The first-order valence-corrected chi connectivity index (χ1v) is 12.4. The van der Waals surface area contributed by atoms with Crippen LogP contribution in [0.4, 0.5) is 10.5 Å². The van der Waals surface area contributed by atoms with E-state index in [0.29, 0.717) is 10.6 Å². The highest BCUT2D eigenvalue weighted by atomic mass is 79.9. The molecule has 3 heterocycles. The minimum absolute atomic E-state index is 0.0959. The molecule has 2 aliphatic heterocycles. The lowest BCUT2D eigenvalue weighted by molar-refractivity contribution is -0.130. The highest BCUT2D eigenvalue weighted by molar-refractivity contribution is 9.10. The highest BCUT2D eigenvalue weighted by Crippen LogP contribution is 2.37. The molecule has 168 valence electrons. The van der Waals surface area contributed by atoms with Crippen molar-refractivity contribution in [2.75, 3.05) is 18.0 Å². The molecule has 2 saturated heterocycles. The number of halogens is 1. The van der Waals surface area contributed by atoms with E-state index in [0.717, 1.165) is 64.2 Å². The maximum Gasteiger partial charge on any atom is 0.298 e. The molecule has 0 aliphatic carbocycles. The Morgan fingerprint density at radius 1 is 1.09 bits per heavy atom. The molecule has 8 heteroatoms.